The van der Waals surface area contributed by atoms with Crippen molar-refractivity contribution in [2.75, 3.05) is 13.2 Å². The Balaban J connectivity index is 1.74. The van der Waals surface area contributed by atoms with Crippen LogP contribution in [0.3, 0.4) is 0 Å². The van der Waals surface area contributed by atoms with Gasteiger partial charge < -0.3 is 10.1 Å². The molecule has 0 aliphatic heterocycles. The molecule has 2 aromatic rings. The van der Waals surface area contributed by atoms with E-state index in [0.29, 0.717) is 19.1 Å². The van der Waals surface area contributed by atoms with E-state index in [4.69, 9.17) is 4.74 Å². The van der Waals surface area contributed by atoms with Crippen LogP contribution in [-0.4, -0.2) is 36.0 Å². The van der Waals surface area contributed by atoms with Gasteiger partial charge in [0, 0.05) is 25.2 Å². The van der Waals surface area contributed by atoms with Crippen LogP contribution < -0.4 is 10.1 Å². The van der Waals surface area contributed by atoms with Gasteiger partial charge in [-0.3, -0.25) is 9.69 Å². The van der Waals surface area contributed by atoms with Crippen molar-refractivity contribution in [1.82, 2.24) is 10.2 Å². The molecule has 4 heteroatoms. The number of nitrogens with zero attached hydrogens (tertiary/aromatic N) is 1. The summed E-state index contributed by atoms with van der Waals surface area (Å²) in [5.41, 5.74) is 1.29. The van der Waals surface area contributed by atoms with E-state index >= 15 is 0 Å². The molecule has 2 rings (SSSR count). The molecule has 1 atom stereocenters. The number of hydrogen-bond acceptors (Lipinski definition) is 3. The van der Waals surface area contributed by atoms with Crippen LogP contribution in [0.5, 0.6) is 5.75 Å². The van der Waals surface area contributed by atoms with E-state index in [1.165, 1.54) is 5.56 Å². The maximum Gasteiger partial charge on any atom is 0.223 e. The number of amides is 1. The summed E-state index contributed by atoms with van der Waals surface area (Å²) in [6.07, 6.45) is 0.361. The number of nitrogens with one attached hydrogen (secondary N) is 1. The highest BCUT2D eigenvalue weighted by Gasteiger charge is 2.15. The fourth-order valence-corrected chi connectivity index (χ4v) is 2.80. The molecule has 1 N–H and O–H groups in total. The Morgan fingerprint density at radius 1 is 1.00 bits per heavy atom. The van der Waals surface area contributed by atoms with Crippen molar-refractivity contribution in [2.24, 2.45) is 0 Å². The highest BCUT2D eigenvalue weighted by Crippen LogP contribution is 2.10. The van der Waals surface area contributed by atoms with Gasteiger partial charge in [0.05, 0.1) is 13.0 Å². The van der Waals surface area contributed by atoms with Crippen molar-refractivity contribution in [3.05, 3.63) is 66.2 Å². The van der Waals surface area contributed by atoms with Crippen LogP contribution in [0.15, 0.2) is 60.7 Å². The van der Waals surface area contributed by atoms with Gasteiger partial charge in [-0.05, 0) is 38.5 Å². The lowest BCUT2D eigenvalue weighted by molar-refractivity contribution is -0.122. The zero-order valence-electron chi connectivity index (χ0n) is 16.0. The maximum absolute atomic E-state index is 12.1. The summed E-state index contributed by atoms with van der Waals surface area (Å²) in [7, 11) is 0. The second kappa shape index (κ2) is 10.6. The lowest BCUT2D eigenvalue weighted by Crippen LogP contribution is -2.44. The molecule has 0 bridgehead atoms. The molecule has 0 saturated heterocycles. The van der Waals surface area contributed by atoms with Crippen LogP contribution in [-0.2, 0) is 11.3 Å². The Morgan fingerprint density at radius 3 is 2.23 bits per heavy atom. The average molecular weight is 354 g/mol. The van der Waals surface area contributed by atoms with Crippen LogP contribution >= 0.6 is 0 Å². The largest absolute Gasteiger partial charge is 0.493 e. The van der Waals surface area contributed by atoms with Gasteiger partial charge in [-0.1, -0.05) is 48.5 Å². The normalized spacial score (nSPS) is 12.2. The molecule has 0 fully saturated rings. The summed E-state index contributed by atoms with van der Waals surface area (Å²) in [5.74, 6) is 0.819. The summed E-state index contributed by atoms with van der Waals surface area (Å²) in [6.45, 7) is 8.51. The Hall–Kier alpha value is -2.33. The molecule has 1 amide bonds. The summed E-state index contributed by atoms with van der Waals surface area (Å²) in [6, 6.07) is 20.5. The molecule has 26 heavy (non-hydrogen) atoms. The lowest BCUT2D eigenvalue weighted by atomic mass is 10.1. The first-order chi connectivity index (χ1) is 12.5. The third kappa shape index (κ3) is 7.28. The highest BCUT2D eigenvalue weighted by atomic mass is 16.5. The van der Waals surface area contributed by atoms with E-state index in [1.54, 1.807) is 0 Å². The molecule has 0 aromatic heterocycles. The predicted molar refractivity (Wildman–Crippen MR) is 106 cm³/mol. The second-order valence-corrected chi connectivity index (χ2v) is 6.89. The van der Waals surface area contributed by atoms with Gasteiger partial charge in [0.2, 0.25) is 5.91 Å². The number of carbonyl (C=O) groups excluding carboxylic acids is 1. The number of ether oxygens (including phenoxy) is 1. The van der Waals surface area contributed by atoms with Crippen LogP contribution in [0.1, 0.15) is 32.8 Å². The molecule has 0 aliphatic rings. The summed E-state index contributed by atoms with van der Waals surface area (Å²) in [4.78, 5) is 14.5. The minimum Gasteiger partial charge on any atom is -0.493 e. The van der Waals surface area contributed by atoms with Crippen molar-refractivity contribution in [3.63, 3.8) is 0 Å². The molecular formula is C22H30N2O2. The van der Waals surface area contributed by atoms with Gasteiger partial charge in [-0.25, -0.2) is 0 Å². The SMILES string of the molecule is CC(CN(Cc1ccccc1)C(C)C)NC(=O)CCOc1ccccc1. The molecule has 0 heterocycles. The Kier molecular flexibility index (Phi) is 8.16. The monoisotopic (exact) mass is 354 g/mol. The zero-order chi connectivity index (χ0) is 18.8. The number of benzene rings is 2. The van der Waals surface area contributed by atoms with E-state index in [1.807, 2.05) is 36.4 Å². The summed E-state index contributed by atoms with van der Waals surface area (Å²) >= 11 is 0. The van der Waals surface area contributed by atoms with Crippen LogP contribution in [0.2, 0.25) is 0 Å². The Morgan fingerprint density at radius 2 is 1.62 bits per heavy atom. The summed E-state index contributed by atoms with van der Waals surface area (Å²) < 4.78 is 5.59. The first-order valence-corrected chi connectivity index (χ1v) is 9.30. The number of hydrogen-bond donors (Lipinski definition) is 1. The van der Waals surface area contributed by atoms with Crippen LogP contribution in [0, 0.1) is 0 Å². The molecule has 140 valence electrons. The highest BCUT2D eigenvalue weighted by molar-refractivity contribution is 5.76. The standard InChI is InChI=1S/C22H30N2O2/c1-18(2)24(17-20-10-6-4-7-11-20)16-19(3)23-22(25)14-15-26-21-12-8-5-9-13-21/h4-13,18-19H,14-17H2,1-3H3,(H,23,25). The summed E-state index contributed by atoms with van der Waals surface area (Å²) in [5, 5.41) is 3.08. The second-order valence-electron chi connectivity index (χ2n) is 6.89. The molecule has 0 aliphatic carbocycles. The van der Waals surface area contributed by atoms with Crippen LogP contribution in [0.4, 0.5) is 0 Å². The van der Waals surface area contributed by atoms with Gasteiger partial charge in [0.15, 0.2) is 0 Å². The first kappa shape index (κ1) is 20.0. The third-order valence-corrected chi connectivity index (χ3v) is 4.22. The van der Waals surface area contributed by atoms with Crippen molar-refractivity contribution >= 4 is 5.91 Å². The third-order valence-electron chi connectivity index (χ3n) is 4.22. The Bertz CT molecular complexity index is 644. The average Bonchev–Trinajstić information content (AvgIpc) is 2.62. The smallest absolute Gasteiger partial charge is 0.223 e. The number of carbonyl (C=O) groups is 1. The lowest BCUT2D eigenvalue weighted by Gasteiger charge is -2.29. The molecule has 4 nitrogen and oxygen atoms in total. The van der Waals surface area contributed by atoms with E-state index in [-0.39, 0.29) is 11.9 Å². The van der Waals surface area contributed by atoms with E-state index in [9.17, 15) is 4.79 Å². The van der Waals surface area contributed by atoms with Gasteiger partial charge >= 0.3 is 0 Å². The topological polar surface area (TPSA) is 41.6 Å². The molecule has 1 unspecified atom stereocenters. The van der Waals surface area contributed by atoms with Crippen molar-refractivity contribution in [2.45, 2.75) is 45.8 Å². The minimum absolute atomic E-state index is 0.0249. The molecule has 0 spiro atoms. The quantitative estimate of drug-likeness (QED) is 0.704. The fourth-order valence-electron chi connectivity index (χ4n) is 2.80. The van der Waals surface area contributed by atoms with Gasteiger partial charge in [-0.2, -0.15) is 0 Å². The first-order valence-electron chi connectivity index (χ1n) is 9.30. The molecular weight excluding hydrogens is 324 g/mol. The number of rotatable bonds is 10. The van der Waals surface area contributed by atoms with E-state index < -0.39 is 0 Å². The van der Waals surface area contributed by atoms with E-state index in [0.717, 1.165) is 18.8 Å². The van der Waals surface area contributed by atoms with Gasteiger partial charge in [0.1, 0.15) is 5.75 Å². The minimum atomic E-state index is 0.0249. The van der Waals surface area contributed by atoms with Gasteiger partial charge in [0.25, 0.3) is 0 Å². The Labute approximate surface area is 157 Å². The fraction of sp³-hybridized carbons (Fsp3) is 0.409. The molecule has 2 aromatic carbocycles. The van der Waals surface area contributed by atoms with Crippen molar-refractivity contribution < 1.29 is 9.53 Å². The van der Waals surface area contributed by atoms with Gasteiger partial charge in [-0.15, -0.1) is 0 Å². The predicted octanol–water partition coefficient (Wildman–Crippen LogP) is 3.87. The molecule has 0 saturated carbocycles. The maximum atomic E-state index is 12.1. The van der Waals surface area contributed by atoms with Crippen molar-refractivity contribution in [1.29, 1.82) is 0 Å². The van der Waals surface area contributed by atoms with Crippen molar-refractivity contribution in [3.8, 4) is 5.75 Å². The van der Waals surface area contributed by atoms with E-state index in [2.05, 4.69) is 55.3 Å². The zero-order valence-corrected chi connectivity index (χ0v) is 16.0. The number of para-hydroxylation sites is 1. The van der Waals surface area contributed by atoms with Crippen LogP contribution in [0.25, 0.3) is 0 Å². The molecule has 0 radical (unpaired) electrons.